The lowest BCUT2D eigenvalue weighted by molar-refractivity contribution is -0.117. The van der Waals surface area contributed by atoms with Gasteiger partial charge in [-0.05, 0) is 43.4 Å². The molecule has 0 bridgehead atoms. The van der Waals surface area contributed by atoms with Crippen molar-refractivity contribution < 1.29 is 14.3 Å². The van der Waals surface area contributed by atoms with Crippen molar-refractivity contribution in [3.05, 3.63) is 64.7 Å². The van der Waals surface area contributed by atoms with Crippen LogP contribution in [0, 0.1) is 0 Å². The van der Waals surface area contributed by atoms with Crippen LogP contribution < -0.4 is 14.8 Å². The number of likely N-dealkylation sites (N-methyl/N-ethyl adjacent to an activating group) is 1. The van der Waals surface area contributed by atoms with Crippen molar-refractivity contribution >= 4 is 23.6 Å². The van der Waals surface area contributed by atoms with E-state index in [1.54, 1.807) is 25.3 Å². The summed E-state index contributed by atoms with van der Waals surface area (Å²) in [6, 6.07) is 13.3. The van der Waals surface area contributed by atoms with Crippen LogP contribution in [0.4, 0.5) is 0 Å². The summed E-state index contributed by atoms with van der Waals surface area (Å²) in [5.74, 6) is 0.798. The number of nitrogens with zero attached hydrogens (tertiary/aromatic N) is 1. The number of amides is 1. The van der Waals surface area contributed by atoms with Gasteiger partial charge in [-0.1, -0.05) is 41.9 Å². The fourth-order valence-corrected chi connectivity index (χ4v) is 3.01. The minimum Gasteiger partial charge on any atom is -0.493 e. The summed E-state index contributed by atoms with van der Waals surface area (Å²) in [6.07, 6.45) is 3.18. The number of hydrogen-bond donors (Lipinski definition) is 1. The van der Waals surface area contributed by atoms with Gasteiger partial charge in [-0.2, -0.15) is 0 Å². The van der Waals surface area contributed by atoms with Crippen molar-refractivity contribution in [2.75, 3.05) is 34.9 Å². The molecule has 144 valence electrons. The third-order valence-electron chi connectivity index (χ3n) is 3.95. The minimum absolute atomic E-state index is 0.104. The molecule has 1 atom stereocenters. The second-order valence-electron chi connectivity index (χ2n) is 6.31. The molecule has 0 aliphatic rings. The van der Waals surface area contributed by atoms with Gasteiger partial charge >= 0.3 is 0 Å². The Morgan fingerprint density at radius 3 is 2.48 bits per heavy atom. The maximum absolute atomic E-state index is 12.4. The lowest BCUT2D eigenvalue weighted by atomic mass is 10.1. The molecule has 1 N–H and O–H groups in total. The molecule has 0 saturated heterocycles. The van der Waals surface area contributed by atoms with Crippen molar-refractivity contribution in [1.82, 2.24) is 10.2 Å². The normalized spacial score (nSPS) is 12.2. The van der Waals surface area contributed by atoms with Gasteiger partial charge in [0.25, 0.3) is 0 Å². The van der Waals surface area contributed by atoms with Gasteiger partial charge in [0.15, 0.2) is 11.5 Å². The molecular weight excluding hydrogens is 364 g/mol. The van der Waals surface area contributed by atoms with E-state index in [0.29, 0.717) is 23.1 Å². The van der Waals surface area contributed by atoms with Crippen molar-refractivity contribution in [3.8, 4) is 11.5 Å². The van der Waals surface area contributed by atoms with E-state index in [9.17, 15) is 4.79 Å². The molecular formula is C21H25ClN2O3. The summed E-state index contributed by atoms with van der Waals surface area (Å²) in [7, 11) is 7.02. The van der Waals surface area contributed by atoms with Crippen LogP contribution in [0.5, 0.6) is 11.5 Å². The summed E-state index contributed by atoms with van der Waals surface area (Å²) >= 11 is 6.21. The number of hydrogen-bond acceptors (Lipinski definition) is 4. The maximum atomic E-state index is 12.4. The van der Waals surface area contributed by atoms with Gasteiger partial charge in [0.05, 0.1) is 25.3 Å². The summed E-state index contributed by atoms with van der Waals surface area (Å²) in [5, 5.41) is 3.47. The van der Waals surface area contributed by atoms with E-state index >= 15 is 0 Å². The summed E-state index contributed by atoms with van der Waals surface area (Å²) in [6.45, 7) is 0.700. The molecule has 0 aromatic heterocycles. The monoisotopic (exact) mass is 388 g/mol. The molecule has 0 aliphatic carbocycles. The van der Waals surface area contributed by atoms with Crippen LogP contribution >= 0.6 is 11.6 Å². The first kappa shape index (κ1) is 20.8. The Labute approximate surface area is 165 Å². The molecule has 2 rings (SSSR count). The predicted molar refractivity (Wildman–Crippen MR) is 109 cm³/mol. The van der Waals surface area contributed by atoms with Gasteiger partial charge in [0.1, 0.15) is 0 Å². The molecule has 0 unspecified atom stereocenters. The standard InChI is InChI=1S/C21H25ClN2O3/c1-24(2)14-18(16-8-6-5-7-9-16)23-20(25)11-10-15-12-17(22)21(27-4)19(13-15)26-3/h5-13,18H,14H2,1-4H3,(H,23,25)/b11-10+/t18-/m1/s1. The van der Waals surface area contributed by atoms with Crippen LogP contribution in [0.3, 0.4) is 0 Å². The summed E-state index contributed by atoms with van der Waals surface area (Å²) in [4.78, 5) is 14.5. The average molecular weight is 389 g/mol. The number of rotatable bonds is 8. The molecule has 0 radical (unpaired) electrons. The van der Waals surface area contributed by atoms with E-state index in [2.05, 4.69) is 5.32 Å². The highest BCUT2D eigenvalue weighted by atomic mass is 35.5. The number of halogens is 1. The van der Waals surface area contributed by atoms with Crippen LogP contribution in [0.15, 0.2) is 48.5 Å². The first-order chi connectivity index (χ1) is 12.9. The van der Waals surface area contributed by atoms with Crippen LogP contribution in [-0.2, 0) is 4.79 Å². The van der Waals surface area contributed by atoms with E-state index in [0.717, 1.165) is 11.1 Å². The van der Waals surface area contributed by atoms with Gasteiger partial charge in [-0.25, -0.2) is 0 Å². The number of benzene rings is 2. The molecule has 0 saturated carbocycles. The van der Waals surface area contributed by atoms with Crippen molar-refractivity contribution in [1.29, 1.82) is 0 Å². The topological polar surface area (TPSA) is 50.8 Å². The zero-order valence-electron chi connectivity index (χ0n) is 16.0. The lowest BCUT2D eigenvalue weighted by Gasteiger charge is -2.22. The Balaban J connectivity index is 2.14. The number of nitrogens with one attached hydrogen (secondary N) is 1. The third-order valence-corrected chi connectivity index (χ3v) is 4.23. The zero-order valence-corrected chi connectivity index (χ0v) is 16.8. The van der Waals surface area contributed by atoms with Gasteiger partial charge in [0, 0.05) is 12.6 Å². The molecule has 5 nitrogen and oxygen atoms in total. The first-order valence-corrected chi connectivity index (χ1v) is 8.92. The number of carbonyl (C=O) groups excluding carboxylic acids is 1. The third kappa shape index (κ3) is 6.01. The number of carbonyl (C=O) groups is 1. The lowest BCUT2D eigenvalue weighted by Crippen LogP contribution is -2.34. The van der Waals surface area contributed by atoms with E-state index < -0.39 is 0 Å². The molecule has 0 spiro atoms. The quantitative estimate of drug-likeness (QED) is 0.699. The van der Waals surface area contributed by atoms with Gasteiger partial charge < -0.3 is 19.7 Å². The highest BCUT2D eigenvalue weighted by Gasteiger charge is 2.14. The minimum atomic E-state index is -0.184. The summed E-state index contributed by atoms with van der Waals surface area (Å²) < 4.78 is 10.5. The Hall–Kier alpha value is -2.50. The van der Waals surface area contributed by atoms with E-state index in [1.165, 1.54) is 13.2 Å². The van der Waals surface area contributed by atoms with Crippen molar-refractivity contribution in [2.24, 2.45) is 0 Å². The van der Waals surface area contributed by atoms with Crippen LogP contribution in [0.2, 0.25) is 5.02 Å². The van der Waals surface area contributed by atoms with E-state index in [1.807, 2.05) is 49.3 Å². The molecule has 0 heterocycles. The Morgan fingerprint density at radius 1 is 1.19 bits per heavy atom. The van der Waals surface area contributed by atoms with Crippen LogP contribution in [0.25, 0.3) is 6.08 Å². The smallest absolute Gasteiger partial charge is 0.244 e. The summed E-state index contributed by atoms with van der Waals surface area (Å²) in [5.41, 5.74) is 1.80. The molecule has 2 aromatic rings. The highest BCUT2D eigenvalue weighted by Crippen LogP contribution is 2.36. The van der Waals surface area contributed by atoms with Crippen molar-refractivity contribution in [3.63, 3.8) is 0 Å². The SMILES string of the molecule is COc1cc(/C=C/C(=O)N[C@H](CN(C)C)c2ccccc2)cc(Cl)c1OC. The van der Waals surface area contributed by atoms with E-state index in [-0.39, 0.29) is 11.9 Å². The maximum Gasteiger partial charge on any atom is 0.244 e. The fraction of sp³-hybridized carbons (Fsp3) is 0.286. The average Bonchev–Trinajstić information content (AvgIpc) is 2.65. The Kier molecular flexibility index (Phi) is 7.70. The second-order valence-corrected chi connectivity index (χ2v) is 6.71. The molecule has 0 aliphatic heterocycles. The second kappa shape index (κ2) is 10.00. The van der Waals surface area contributed by atoms with Crippen molar-refractivity contribution in [2.45, 2.75) is 6.04 Å². The first-order valence-electron chi connectivity index (χ1n) is 8.54. The van der Waals surface area contributed by atoms with Gasteiger partial charge in [0.2, 0.25) is 5.91 Å². The van der Waals surface area contributed by atoms with Gasteiger partial charge in [-0.3, -0.25) is 4.79 Å². The Morgan fingerprint density at radius 2 is 1.89 bits per heavy atom. The Bertz CT molecular complexity index is 792. The highest BCUT2D eigenvalue weighted by molar-refractivity contribution is 6.32. The fourth-order valence-electron chi connectivity index (χ4n) is 2.71. The molecule has 27 heavy (non-hydrogen) atoms. The predicted octanol–water partition coefficient (Wildman–Crippen LogP) is 3.79. The molecule has 6 heteroatoms. The van der Waals surface area contributed by atoms with Gasteiger partial charge in [-0.15, -0.1) is 0 Å². The molecule has 0 fully saturated rings. The molecule has 1 amide bonds. The van der Waals surface area contributed by atoms with Crippen LogP contribution in [0.1, 0.15) is 17.2 Å². The molecule has 2 aromatic carbocycles. The largest absolute Gasteiger partial charge is 0.493 e. The van der Waals surface area contributed by atoms with E-state index in [4.69, 9.17) is 21.1 Å². The number of methoxy groups -OCH3 is 2. The zero-order chi connectivity index (χ0) is 19.8. The van der Waals surface area contributed by atoms with Crippen LogP contribution in [-0.4, -0.2) is 45.7 Å². The number of ether oxygens (including phenoxy) is 2.